The molecule has 0 radical (unpaired) electrons. The van der Waals surface area contributed by atoms with Gasteiger partial charge in [-0.1, -0.05) is 22.0 Å². The van der Waals surface area contributed by atoms with E-state index in [2.05, 4.69) is 15.9 Å². The molecule has 0 saturated heterocycles. The van der Waals surface area contributed by atoms with Crippen LogP contribution in [0.5, 0.6) is 0 Å². The van der Waals surface area contributed by atoms with Crippen LogP contribution in [0, 0.1) is 0 Å². The Morgan fingerprint density at radius 2 is 2.10 bits per heavy atom. The van der Waals surface area contributed by atoms with Crippen LogP contribution >= 0.6 is 27.3 Å². The van der Waals surface area contributed by atoms with Gasteiger partial charge < -0.3 is 5.73 Å². The predicted molar refractivity (Wildman–Crippen MR) is 88.6 cm³/mol. The minimum Gasteiger partial charge on any atom is -0.398 e. The van der Waals surface area contributed by atoms with Crippen LogP contribution in [0.2, 0.25) is 0 Å². The van der Waals surface area contributed by atoms with E-state index in [1.807, 2.05) is 17.5 Å². The van der Waals surface area contributed by atoms with E-state index in [0.717, 1.165) is 17.7 Å². The van der Waals surface area contributed by atoms with Crippen LogP contribution in [0.4, 0.5) is 5.69 Å². The second-order valence-corrected chi connectivity index (χ2v) is 8.85. The first-order valence-corrected chi connectivity index (χ1v) is 9.69. The highest BCUT2D eigenvalue weighted by atomic mass is 79.9. The molecule has 0 atom stereocenters. The number of nitrogens with zero attached hydrogens (tertiary/aromatic N) is 1. The molecule has 3 rings (SSSR count). The zero-order chi connectivity index (χ0) is 15.0. The summed E-state index contributed by atoms with van der Waals surface area (Å²) in [7, 11) is -3.58. The minimum atomic E-state index is -3.58. The maximum Gasteiger partial charge on any atom is 0.245 e. The molecule has 2 aromatic rings. The van der Waals surface area contributed by atoms with Crippen molar-refractivity contribution < 1.29 is 8.42 Å². The van der Waals surface area contributed by atoms with Gasteiger partial charge in [0, 0.05) is 21.9 Å². The highest BCUT2D eigenvalue weighted by molar-refractivity contribution is 9.10. The summed E-state index contributed by atoms with van der Waals surface area (Å²) in [5, 5.41) is 1.96. The number of nitrogen functional groups attached to an aromatic ring is 1. The van der Waals surface area contributed by atoms with Gasteiger partial charge in [-0.25, -0.2) is 8.42 Å². The molecule has 0 amide bonds. The molecule has 1 aromatic heterocycles. The van der Waals surface area contributed by atoms with E-state index in [-0.39, 0.29) is 16.6 Å². The Hall–Kier alpha value is -0.890. The van der Waals surface area contributed by atoms with E-state index in [0.29, 0.717) is 11.0 Å². The summed E-state index contributed by atoms with van der Waals surface area (Å²) < 4.78 is 28.2. The quantitative estimate of drug-likeness (QED) is 0.800. The molecule has 0 aliphatic heterocycles. The summed E-state index contributed by atoms with van der Waals surface area (Å²) in [6.45, 7) is 0.413. The molecule has 112 valence electrons. The third-order valence-corrected chi connectivity index (χ3v) is 6.72. The van der Waals surface area contributed by atoms with Crippen molar-refractivity contribution in [2.75, 3.05) is 5.73 Å². The van der Waals surface area contributed by atoms with Crippen molar-refractivity contribution in [3.05, 3.63) is 45.1 Å². The van der Waals surface area contributed by atoms with Crippen LogP contribution in [-0.4, -0.2) is 18.8 Å². The van der Waals surface area contributed by atoms with Crippen molar-refractivity contribution in [1.82, 2.24) is 4.31 Å². The van der Waals surface area contributed by atoms with Gasteiger partial charge in [0.05, 0.1) is 5.69 Å². The predicted octanol–water partition coefficient (Wildman–Crippen LogP) is 3.45. The van der Waals surface area contributed by atoms with Gasteiger partial charge in [0.2, 0.25) is 10.0 Å². The molecule has 2 N–H and O–H groups in total. The molecule has 0 bridgehead atoms. The Balaban J connectivity index is 1.99. The van der Waals surface area contributed by atoms with Crippen molar-refractivity contribution in [1.29, 1.82) is 0 Å². The molecule has 1 fully saturated rings. The normalized spacial score (nSPS) is 15.5. The van der Waals surface area contributed by atoms with Gasteiger partial charge in [0.1, 0.15) is 4.90 Å². The molecular weight excluding hydrogens is 372 g/mol. The maximum absolute atomic E-state index is 12.9. The topological polar surface area (TPSA) is 63.4 Å². The minimum absolute atomic E-state index is 0.0930. The Kier molecular flexibility index (Phi) is 4.09. The first-order valence-electron chi connectivity index (χ1n) is 6.58. The largest absolute Gasteiger partial charge is 0.398 e. The fraction of sp³-hybridized carbons (Fsp3) is 0.286. The lowest BCUT2D eigenvalue weighted by Gasteiger charge is -2.22. The average molecular weight is 387 g/mol. The van der Waals surface area contributed by atoms with Gasteiger partial charge in [0.25, 0.3) is 0 Å². The van der Waals surface area contributed by atoms with Gasteiger partial charge in [-0.2, -0.15) is 4.31 Å². The Bertz CT molecular complexity index is 740. The van der Waals surface area contributed by atoms with Crippen LogP contribution in [0.15, 0.2) is 45.1 Å². The SMILES string of the molecule is Nc1ccc(Br)cc1S(=O)(=O)N(Cc1cccs1)C1CC1. The lowest BCUT2D eigenvalue weighted by Crippen LogP contribution is -2.32. The molecule has 21 heavy (non-hydrogen) atoms. The first kappa shape index (κ1) is 15.0. The van der Waals surface area contributed by atoms with Crippen LogP contribution < -0.4 is 5.73 Å². The number of thiophene rings is 1. The van der Waals surface area contributed by atoms with Crippen molar-refractivity contribution in [2.45, 2.75) is 30.3 Å². The van der Waals surface area contributed by atoms with Crippen LogP contribution in [0.3, 0.4) is 0 Å². The standard InChI is InChI=1S/C14H15BrN2O2S2/c15-10-3-6-13(16)14(8-10)21(18,19)17(11-4-5-11)9-12-2-1-7-20-12/h1-3,6-8,11H,4-5,9,16H2. The van der Waals surface area contributed by atoms with Gasteiger partial charge in [0.15, 0.2) is 0 Å². The lowest BCUT2D eigenvalue weighted by molar-refractivity contribution is 0.402. The van der Waals surface area contributed by atoms with E-state index in [1.54, 1.807) is 33.8 Å². The molecule has 1 aliphatic rings. The third kappa shape index (κ3) is 3.15. The number of hydrogen-bond acceptors (Lipinski definition) is 4. The maximum atomic E-state index is 12.9. The molecule has 1 heterocycles. The highest BCUT2D eigenvalue weighted by Gasteiger charge is 2.39. The number of nitrogens with two attached hydrogens (primary N) is 1. The fourth-order valence-electron chi connectivity index (χ4n) is 2.19. The van der Waals surface area contributed by atoms with Crippen molar-refractivity contribution in [3.8, 4) is 0 Å². The molecular formula is C14H15BrN2O2S2. The summed E-state index contributed by atoms with van der Waals surface area (Å²) in [6.07, 6.45) is 1.83. The summed E-state index contributed by atoms with van der Waals surface area (Å²) in [4.78, 5) is 1.22. The lowest BCUT2D eigenvalue weighted by atomic mass is 10.3. The first-order chi connectivity index (χ1) is 9.98. The Morgan fingerprint density at radius 1 is 1.33 bits per heavy atom. The number of anilines is 1. The summed E-state index contributed by atoms with van der Waals surface area (Å²) in [5.41, 5.74) is 6.17. The monoisotopic (exact) mass is 386 g/mol. The number of benzene rings is 1. The van der Waals surface area contributed by atoms with Crippen molar-refractivity contribution in [2.24, 2.45) is 0 Å². The molecule has 4 nitrogen and oxygen atoms in total. The number of sulfonamides is 1. The smallest absolute Gasteiger partial charge is 0.245 e. The summed E-state index contributed by atoms with van der Waals surface area (Å²) in [6, 6.07) is 8.93. The third-order valence-electron chi connectivity index (χ3n) is 3.41. The highest BCUT2D eigenvalue weighted by Crippen LogP contribution is 2.36. The molecule has 7 heteroatoms. The van der Waals surface area contributed by atoms with E-state index >= 15 is 0 Å². The molecule has 1 saturated carbocycles. The van der Waals surface area contributed by atoms with E-state index in [1.165, 1.54) is 0 Å². The van der Waals surface area contributed by atoms with Gasteiger partial charge >= 0.3 is 0 Å². The molecule has 0 spiro atoms. The zero-order valence-corrected chi connectivity index (χ0v) is 14.4. The van der Waals surface area contributed by atoms with Gasteiger partial charge in [-0.15, -0.1) is 11.3 Å². The van der Waals surface area contributed by atoms with E-state index < -0.39 is 10.0 Å². The van der Waals surface area contributed by atoms with Crippen LogP contribution in [0.1, 0.15) is 17.7 Å². The molecule has 1 aromatic carbocycles. The average Bonchev–Trinajstić information content (AvgIpc) is 3.14. The second-order valence-electron chi connectivity index (χ2n) is 5.04. The van der Waals surface area contributed by atoms with Crippen LogP contribution in [-0.2, 0) is 16.6 Å². The number of rotatable bonds is 5. The Morgan fingerprint density at radius 3 is 2.71 bits per heavy atom. The van der Waals surface area contributed by atoms with E-state index in [4.69, 9.17) is 5.73 Å². The zero-order valence-electron chi connectivity index (χ0n) is 11.2. The Labute approximate surface area is 136 Å². The van der Waals surface area contributed by atoms with E-state index in [9.17, 15) is 8.42 Å². The van der Waals surface area contributed by atoms with Crippen molar-refractivity contribution >= 4 is 43.0 Å². The van der Waals surface area contributed by atoms with Gasteiger partial charge in [-0.3, -0.25) is 0 Å². The number of hydrogen-bond donors (Lipinski definition) is 1. The fourth-order valence-corrected chi connectivity index (χ4v) is 5.29. The molecule has 0 unspecified atom stereocenters. The van der Waals surface area contributed by atoms with Crippen LogP contribution in [0.25, 0.3) is 0 Å². The second kappa shape index (κ2) is 5.72. The summed E-state index contributed by atoms with van der Waals surface area (Å²) in [5.74, 6) is 0. The number of halogens is 1. The van der Waals surface area contributed by atoms with Crippen molar-refractivity contribution in [3.63, 3.8) is 0 Å². The van der Waals surface area contributed by atoms with Gasteiger partial charge in [-0.05, 0) is 42.5 Å². The summed E-state index contributed by atoms with van der Waals surface area (Å²) >= 11 is 4.88. The molecule has 1 aliphatic carbocycles.